The van der Waals surface area contributed by atoms with Crippen LogP contribution in [0, 0.1) is 0 Å². The van der Waals surface area contributed by atoms with Crippen molar-refractivity contribution in [1.29, 1.82) is 0 Å². The summed E-state index contributed by atoms with van der Waals surface area (Å²) >= 11 is 12.3. The highest BCUT2D eigenvalue weighted by Gasteiger charge is 2.23. The van der Waals surface area contributed by atoms with Gasteiger partial charge in [0.2, 0.25) is 5.91 Å². The number of piperazine rings is 1. The van der Waals surface area contributed by atoms with E-state index in [2.05, 4.69) is 10.2 Å². The van der Waals surface area contributed by atoms with Crippen molar-refractivity contribution < 1.29 is 14.3 Å². The fourth-order valence-corrected chi connectivity index (χ4v) is 3.47. The van der Waals surface area contributed by atoms with Crippen LogP contribution in [0.5, 0.6) is 5.75 Å². The number of carbonyl (C=O) groups excluding carboxylic acids is 2. The fraction of sp³-hybridized carbons (Fsp3) is 0.300. The fourth-order valence-electron chi connectivity index (χ4n) is 3.05. The molecule has 2 amide bonds. The summed E-state index contributed by atoms with van der Waals surface area (Å²) in [5.74, 6) is 0.332. The molecule has 148 valence electrons. The van der Waals surface area contributed by atoms with Gasteiger partial charge in [-0.2, -0.15) is 0 Å². The third kappa shape index (κ3) is 5.09. The van der Waals surface area contributed by atoms with Gasteiger partial charge in [-0.15, -0.1) is 0 Å². The summed E-state index contributed by atoms with van der Waals surface area (Å²) in [6.45, 7) is 3.96. The second-order valence-corrected chi connectivity index (χ2v) is 7.26. The molecule has 1 N–H and O–H groups in total. The Morgan fingerprint density at radius 2 is 1.71 bits per heavy atom. The molecule has 2 aromatic carbocycles. The van der Waals surface area contributed by atoms with E-state index in [0.29, 0.717) is 47.7 Å². The number of benzene rings is 2. The number of ether oxygens (including phenoxy) is 1. The maximum atomic E-state index is 12.4. The molecule has 0 atom stereocenters. The Hall–Kier alpha value is -2.44. The van der Waals surface area contributed by atoms with Crippen molar-refractivity contribution in [2.45, 2.75) is 6.92 Å². The lowest BCUT2D eigenvalue weighted by molar-refractivity contribution is -0.129. The Balaban J connectivity index is 1.65. The molecule has 0 bridgehead atoms. The number of anilines is 2. The number of carbonyl (C=O) groups is 2. The van der Waals surface area contributed by atoms with Gasteiger partial charge in [-0.1, -0.05) is 29.3 Å². The van der Waals surface area contributed by atoms with E-state index >= 15 is 0 Å². The number of hydrogen-bond acceptors (Lipinski definition) is 4. The van der Waals surface area contributed by atoms with Crippen molar-refractivity contribution in [2.75, 3.05) is 43.0 Å². The topological polar surface area (TPSA) is 61.9 Å². The number of nitrogens with zero attached hydrogens (tertiary/aromatic N) is 2. The molecule has 6 nitrogen and oxygen atoms in total. The van der Waals surface area contributed by atoms with Crippen LogP contribution >= 0.6 is 23.2 Å². The van der Waals surface area contributed by atoms with Crippen molar-refractivity contribution >= 4 is 46.4 Å². The van der Waals surface area contributed by atoms with Gasteiger partial charge in [0.05, 0.1) is 16.4 Å². The summed E-state index contributed by atoms with van der Waals surface area (Å²) < 4.78 is 5.49. The molecule has 0 unspecified atom stereocenters. The first-order chi connectivity index (χ1) is 13.4. The van der Waals surface area contributed by atoms with Crippen LogP contribution in [0.3, 0.4) is 0 Å². The molecule has 1 aliphatic heterocycles. The molecular formula is C20H21Cl2N3O3. The number of rotatable bonds is 5. The van der Waals surface area contributed by atoms with E-state index < -0.39 is 0 Å². The largest absolute Gasteiger partial charge is 0.484 e. The van der Waals surface area contributed by atoms with Crippen LogP contribution < -0.4 is 15.0 Å². The zero-order valence-corrected chi connectivity index (χ0v) is 17.0. The highest BCUT2D eigenvalue weighted by atomic mass is 35.5. The van der Waals surface area contributed by atoms with Crippen molar-refractivity contribution in [2.24, 2.45) is 0 Å². The number of para-hydroxylation sites is 1. The molecule has 0 aliphatic carbocycles. The molecule has 0 spiro atoms. The van der Waals surface area contributed by atoms with E-state index in [9.17, 15) is 9.59 Å². The lowest BCUT2D eigenvalue weighted by Gasteiger charge is -2.36. The molecule has 2 aromatic rings. The first-order valence-electron chi connectivity index (χ1n) is 8.91. The summed E-state index contributed by atoms with van der Waals surface area (Å²) in [5, 5.41) is 4.02. The van der Waals surface area contributed by atoms with Gasteiger partial charge in [0.25, 0.3) is 5.91 Å². The Kier molecular flexibility index (Phi) is 6.65. The molecule has 1 fully saturated rings. The molecule has 1 aliphatic rings. The predicted molar refractivity (Wildman–Crippen MR) is 111 cm³/mol. The van der Waals surface area contributed by atoms with Crippen molar-refractivity contribution in [3.63, 3.8) is 0 Å². The van der Waals surface area contributed by atoms with Gasteiger partial charge < -0.3 is 19.9 Å². The van der Waals surface area contributed by atoms with E-state index in [4.69, 9.17) is 27.9 Å². The second-order valence-electron chi connectivity index (χ2n) is 6.42. The van der Waals surface area contributed by atoms with Crippen molar-refractivity contribution in [3.8, 4) is 5.75 Å². The average molecular weight is 422 g/mol. The molecule has 0 aromatic heterocycles. The minimum absolute atomic E-state index is 0.0617. The van der Waals surface area contributed by atoms with Crippen LogP contribution in [0.1, 0.15) is 6.92 Å². The van der Waals surface area contributed by atoms with Crippen LogP contribution in [-0.2, 0) is 9.59 Å². The van der Waals surface area contributed by atoms with E-state index in [1.807, 2.05) is 0 Å². The standard InChI is InChI=1S/C20H21Cl2N3O3/c1-14(26)24-9-11-25(12-10-24)20-17(22)3-2-4-18(20)23-19(27)13-28-16-7-5-15(21)6-8-16/h2-8H,9-13H2,1H3,(H,23,27). The van der Waals surface area contributed by atoms with Crippen LogP contribution in [0.25, 0.3) is 0 Å². The Bertz CT molecular complexity index is 850. The summed E-state index contributed by atoms with van der Waals surface area (Å²) in [6.07, 6.45) is 0. The summed E-state index contributed by atoms with van der Waals surface area (Å²) in [6, 6.07) is 12.2. The van der Waals surface area contributed by atoms with Gasteiger partial charge in [0.1, 0.15) is 5.75 Å². The summed E-state index contributed by atoms with van der Waals surface area (Å²) in [5.41, 5.74) is 1.38. The second kappa shape index (κ2) is 9.17. The van der Waals surface area contributed by atoms with Crippen molar-refractivity contribution in [1.82, 2.24) is 4.90 Å². The molecule has 1 saturated heterocycles. The van der Waals surface area contributed by atoms with Gasteiger partial charge >= 0.3 is 0 Å². The third-order valence-electron chi connectivity index (χ3n) is 4.49. The summed E-state index contributed by atoms with van der Waals surface area (Å²) in [4.78, 5) is 27.8. The Morgan fingerprint density at radius 1 is 1.04 bits per heavy atom. The number of amides is 2. The molecule has 28 heavy (non-hydrogen) atoms. The maximum Gasteiger partial charge on any atom is 0.262 e. The Labute approximate surface area is 174 Å². The lowest BCUT2D eigenvalue weighted by atomic mass is 10.2. The maximum absolute atomic E-state index is 12.4. The molecule has 8 heteroatoms. The monoisotopic (exact) mass is 421 g/mol. The smallest absolute Gasteiger partial charge is 0.262 e. The highest BCUT2D eigenvalue weighted by Crippen LogP contribution is 2.34. The minimum atomic E-state index is -0.291. The average Bonchev–Trinajstić information content (AvgIpc) is 2.68. The normalized spacial score (nSPS) is 14.0. The predicted octanol–water partition coefficient (Wildman–Crippen LogP) is 3.68. The zero-order chi connectivity index (χ0) is 20.1. The molecule has 3 rings (SSSR count). The first kappa shape index (κ1) is 20.3. The number of hydrogen-bond donors (Lipinski definition) is 1. The van der Waals surface area contributed by atoms with Gasteiger partial charge in [-0.25, -0.2) is 0 Å². The highest BCUT2D eigenvalue weighted by molar-refractivity contribution is 6.34. The summed E-state index contributed by atoms with van der Waals surface area (Å²) in [7, 11) is 0. The van der Waals surface area contributed by atoms with E-state index in [1.54, 1.807) is 54.3 Å². The van der Waals surface area contributed by atoms with Crippen molar-refractivity contribution in [3.05, 3.63) is 52.5 Å². The first-order valence-corrected chi connectivity index (χ1v) is 9.67. The van der Waals surface area contributed by atoms with Crippen LogP contribution in [0.15, 0.2) is 42.5 Å². The zero-order valence-electron chi connectivity index (χ0n) is 15.5. The van der Waals surface area contributed by atoms with E-state index in [0.717, 1.165) is 5.69 Å². The Morgan fingerprint density at radius 3 is 2.36 bits per heavy atom. The molecule has 0 saturated carbocycles. The quantitative estimate of drug-likeness (QED) is 0.799. The third-order valence-corrected chi connectivity index (χ3v) is 5.04. The SMILES string of the molecule is CC(=O)N1CCN(c2c(Cl)cccc2NC(=O)COc2ccc(Cl)cc2)CC1. The number of halogens is 2. The van der Waals surface area contributed by atoms with Crippen LogP contribution in [-0.4, -0.2) is 49.5 Å². The van der Waals surface area contributed by atoms with E-state index in [1.165, 1.54) is 0 Å². The van der Waals surface area contributed by atoms with Crippen LogP contribution in [0.4, 0.5) is 11.4 Å². The van der Waals surface area contributed by atoms with Gasteiger partial charge in [-0.05, 0) is 36.4 Å². The van der Waals surface area contributed by atoms with Gasteiger partial charge in [0, 0.05) is 38.1 Å². The van der Waals surface area contributed by atoms with Crippen LogP contribution in [0.2, 0.25) is 10.0 Å². The lowest BCUT2D eigenvalue weighted by Crippen LogP contribution is -2.48. The number of nitrogens with one attached hydrogen (secondary N) is 1. The molecular weight excluding hydrogens is 401 g/mol. The van der Waals surface area contributed by atoms with Gasteiger partial charge in [-0.3, -0.25) is 9.59 Å². The minimum Gasteiger partial charge on any atom is -0.484 e. The molecule has 1 heterocycles. The van der Waals surface area contributed by atoms with E-state index in [-0.39, 0.29) is 18.4 Å². The van der Waals surface area contributed by atoms with Gasteiger partial charge in [0.15, 0.2) is 6.61 Å². The molecule has 0 radical (unpaired) electrons.